The van der Waals surface area contributed by atoms with Gasteiger partial charge in [0.25, 0.3) is 0 Å². The summed E-state index contributed by atoms with van der Waals surface area (Å²) in [5.74, 6) is 0.274. The quantitative estimate of drug-likeness (QED) is 0.648. The van der Waals surface area contributed by atoms with E-state index in [1.807, 2.05) is 0 Å². The van der Waals surface area contributed by atoms with E-state index in [9.17, 15) is 9.59 Å². The normalized spacial score (nSPS) is 10.3. The number of rotatable bonds is 4. The van der Waals surface area contributed by atoms with E-state index in [1.165, 1.54) is 19.9 Å². The van der Waals surface area contributed by atoms with Gasteiger partial charge in [0.2, 0.25) is 0 Å². The van der Waals surface area contributed by atoms with Gasteiger partial charge in [-0.05, 0) is 17.7 Å². The first-order valence-electron chi connectivity index (χ1n) is 5.38. The Kier molecular flexibility index (Phi) is 4.85. The van der Waals surface area contributed by atoms with Gasteiger partial charge in [0.15, 0.2) is 0 Å². The Morgan fingerprint density at radius 3 is 1.78 bits per heavy atom. The molecule has 0 saturated heterocycles. The molecule has 0 heterocycles. The lowest BCUT2D eigenvalue weighted by molar-refractivity contribution is -0.132. The highest BCUT2D eigenvalue weighted by Crippen LogP contribution is 2.27. The third-order valence-electron chi connectivity index (χ3n) is 2.13. The molecule has 1 aromatic rings. The van der Waals surface area contributed by atoms with Crippen molar-refractivity contribution in [3.63, 3.8) is 0 Å². The van der Waals surface area contributed by atoms with Gasteiger partial charge < -0.3 is 14.6 Å². The lowest BCUT2D eigenvalue weighted by Crippen LogP contribution is -2.07. The number of hydrogen-bond acceptors (Lipinski definition) is 5. The number of aliphatic hydroxyl groups excluding tert-OH is 1. The van der Waals surface area contributed by atoms with Crippen LogP contribution in [0.25, 0.3) is 0 Å². The zero-order valence-corrected chi connectivity index (χ0v) is 10.5. The fraction of sp³-hybridized carbons (Fsp3) is 0.308. The van der Waals surface area contributed by atoms with Crippen molar-refractivity contribution in [2.24, 2.45) is 0 Å². The van der Waals surface area contributed by atoms with Crippen LogP contribution in [0.1, 0.15) is 26.3 Å². The fourth-order valence-electron chi connectivity index (χ4n) is 1.36. The first-order valence-corrected chi connectivity index (χ1v) is 5.38. The van der Waals surface area contributed by atoms with Gasteiger partial charge in [-0.3, -0.25) is 9.59 Å². The largest absolute Gasteiger partial charge is 0.427 e. The number of hydrogen-bond donors (Lipinski definition) is 1. The molecular weight excluding hydrogens is 236 g/mol. The third-order valence-corrected chi connectivity index (χ3v) is 2.13. The SMILES string of the molecule is C[C](CO)c1cc(OC(C)=O)cc(OC(C)=O)c1. The maximum atomic E-state index is 10.9. The Labute approximate surface area is 105 Å². The van der Waals surface area contributed by atoms with Crippen LogP contribution >= 0.6 is 0 Å². The van der Waals surface area contributed by atoms with Crippen LogP contribution in [0.15, 0.2) is 18.2 Å². The summed E-state index contributed by atoms with van der Waals surface area (Å²) in [5, 5.41) is 9.08. The average Bonchev–Trinajstić information content (AvgIpc) is 2.25. The minimum atomic E-state index is -0.470. The van der Waals surface area contributed by atoms with E-state index >= 15 is 0 Å². The molecule has 0 aromatic heterocycles. The van der Waals surface area contributed by atoms with Gasteiger partial charge in [0, 0.05) is 25.8 Å². The van der Waals surface area contributed by atoms with Crippen molar-refractivity contribution in [2.75, 3.05) is 6.61 Å². The van der Waals surface area contributed by atoms with Crippen molar-refractivity contribution in [1.82, 2.24) is 0 Å². The van der Waals surface area contributed by atoms with Crippen molar-refractivity contribution in [3.8, 4) is 11.5 Å². The Hall–Kier alpha value is -1.88. The number of carbonyl (C=O) groups is 2. The molecule has 1 radical (unpaired) electrons. The lowest BCUT2D eigenvalue weighted by atomic mass is 10.0. The predicted octanol–water partition coefficient (Wildman–Crippen LogP) is 1.47. The van der Waals surface area contributed by atoms with Crippen LogP contribution in [-0.4, -0.2) is 23.7 Å². The van der Waals surface area contributed by atoms with Crippen molar-refractivity contribution in [1.29, 1.82) is 0 Å². The summed E-state index contributed by atoms with van der Waals surface area (Å²) in [7, 11) is 0. The molecule has 0 spiro atoms. The highest BCUT2D eigenvalue weighted by Gasteiger charge is 2.11. The Balaban J connectivity index is 3.10. The molecule has 0 fully saturated rings. The number of esters is 2. The Morgan fingerprint density at radius 1 is 1.00 bits per heavy atom. The van der Waals surface area contributed by atoms with E-state index < -0.39 is 11.9 Å². The molecule has 0 atom stereocenters. The standard InChI is InChI=1S/C13H15O5/c1-8(7-14)11-4-12(17-9(2)15)6-13(5-11)18-10(3)16/h4-6,14H,7H2,1-3H3. The third kappa shape index (κ3) is 4.18. The monoisotopic (exact) mass is 251 g/mol. The minimum Gasteiger partial charge on any atom is -0.427 e. The maximum absolute atomic E-state index is 10.9. The molecule has 0 aliphatic rings. The number of ether oxygens (including phenoxy) is 2. The van der Waals surface area contributed by atoms with E-state index in [2.05, 4.69) is 0 Å². The van der Waals surface area contributed by atoms with Crippen LogP contribution in [0.5, 0.6) is 11.5 Å². The van der Waals surface area contributed by atoms with Crippen LogP contribution < -0.4 is 9.47 Å². The molecule has 0 unspecified atom stereocenters. The predicted molar refractivity (Wildman–Crippen MR) is 64.2 cm³/mol. The molecule has 97 valence electrons. The first-order chi connectivity index (χ1) is 8.42. The van der Waals surface area contributed by atoms with E-state index in [0.717, 1.165) is 0 Å². The van der Waals surface area contributed by atoms with Crippen LogP contribution in [0, 0.1) is 5.92 Å². The topological polar surface area (TPSA) is 72.8 Å². The summed E-state index contributed by atoms with van der Waals surface area (Å²) in [4.78, 5) is 21.8. The molecule has 5 nitrogen and oxygen atoms in total. The van der Waals surface area contributed by atoms with Gasteiger partial charge in [-0.1, -0.05) is 6.92 Å². The van der Waals surface area contributed by atoms with Crippen molar-refractivity contribution in [3.05, 3.63) is 29.7 Å². The molecular formula is C13H15O5. The maximum Gasteiger partial charge on any atom is 0.308 e. The van der Waals surface area contributed by atoms with Gasteiger partial charge in [-0.15, -0.1) is 0 Å². The second kappa shape index (κ2) is 6.16. The molecule has 0 aliphatic carbocycles. The van der Waals surface area contributed by atoms with Crippen LogP contribution in [0.3, 0.4) is 0 Å². The molecule has 0 saturated carbocycles. The van der Waals surface area contributed by atoms with Gasteiger partial charge >= 0.3 is 11.9 Å². The Bertz CT molecular complexity index is 418. The minimum absolute atomic E-state index is 0.136. The zero-order chi connectivity index (χ0) is 13.7. The molecule has 18 heavy (non-hydrogen) atoms. The van der Waals surface area contributed by atoms with E-state index in [0.29, 0.717) is 11.5 Å². The number of benzene rings is 1. The molecule has 5 heteroatoms. The summed E-state index contributed by atoms with van der Waals surface area (Å²) in [6.07, 6.45) is 0. The summed E-state index contributed by atoms with van der Waals surface area (Å²) < 4.78 is 9.89. The summed E-state index contributed by atoms with van der Waals surface area (Å²) in [6.45, 7) is 4.15. The molecule has 0 amide bonds. The summed E-state index contributed by atoms with van der Waals surface area (Å²) in [6, 6.07) is 4.64. The highest BCUT2D eigenvalue weighted by molar-refractivity contribution is 5.71. The molecule has 0 bridgehead atoms. The molecule has 1 rings (SSSR count). The van der Waals surface area contributed by atoms with Crippen LogP contribution in [-0.2, 0) is 9.59 Å². The lowest BCUT2D eigenvalue weighted by Gasteiger charge is -2.12. The van der Waals surface area contributed by atoms with Crippen molar-refractivity contribution < 1.29 is 24.2 Å². The van der Waals surface area contributed by atoms with Gasteiger partial charge in [-0.2, -0.15) is 0 Å². The number of carbonyl (C=O) groups excluding carboxylic acids is 2. The molecule has 1 N–H and O–H groups in total. The second-order valence-corrected chi connectivity index (χ2v) is 3.82. The zero-order valence-electron chi connectivity index (χ0n) is 10.5. The van der Waals surface area contributed by atoms with Gasteiger partial charge in [0.05, 0.1) is 6.61 Å². The van der Waals surface area contributed by atoms with Crippen LogP contribution in [0.4, 0.5) is 0 Å². The van der Waals surface area contributed by atoms with E-state index in [-0.39, 0.29) is 18.1 Å². The molecule has 0 aliphatic heterocycles. The van der Waals surface area contributed by atoms with Crippen molar-refractivity contribution in [2.45, 2.75) is 20.8 Å². The van der Waals surface area contributed by atoms with Crippen molar-refractivity contribution >= 4 is 11.9 Å². The van der Waals surface area contributed by atoms with Gasteiger partial charge in [0.1, 0.15) is 11.5 Å². The summed E-state index contributed by atoms with van der Waals surface area (Å²) in [5.41, 5.74) is 0.646. The average molecular weight is 251 g/mol. The van der Waals surface area contributed by atoms with Crippen LogP contribution in [0.2, 0.25) is 0 Å². The molecule has 1 aromatic carbocycles. The van der Waals surface area contributed by atoms with E-state index in [1.54, 1.807) is 19.1 Å². The van der Waals surface area contributed by atoms with E-state index in [4.69, 9.17) is 14.6 Å². The first kappa shape index (κ1) is 14.2. The number of aliphatic hydroxyl groups is 1. The Morgan fingerprint density at radius 2 is 1.44 bits per heavy atom. The second-order valence-electron chi connectivity index (χ2n) is 3.82. The highest BCUT2D eigenvalue weighted by atomic mass is 16.5. The van der Waals surface area contributed by atoms with Gasteiger partial charge in [-0.25, -0.2) is 0 Å². The smallest absolute Gasteiger partial charge is 0.308 e. The summed E-state index contributed by atoms with van der Waals surface area (Å²) >= 11 is 0. The fourth-order valence-corrected chi connectivity index (χ4v) is 1.36.